The highest BCUT2D eigenvalue weighted by atomic mass is 15.2. The molecule has 0 radical (unpaired) electrons. The van der Waals surface area contributed by atoms with E-state index in [0.717, 1.165) is 12.1 Å². The second kappa shape index (κ2) is 3.78. The first-order valence-electron chi connectivity index (χ1n) is 5.67. The van der Waals surface area contributed by atoms with E-state index >= 15 is 0 Å². The summed E-state index contributed by atoms with van der Waals surface area (Å²) in [6.45, 7) is 3.71. The first-order valence-corrected chi connectivity index (χ1v) is 5.67. The standard InChI is InChI=1S/C11H21N/c1-2-5-10-7-8-11-6-3-4-9-12(10)11/h10-11H,2-9H2,1H3/t10-,11+/m1/s1. The summed E-state index contributed by atoms with van der Waals surface area (Å²) in [7, 11) is 0. The molecule has 0 aromatic carbocycles. The van der Waals surface area contributed by atoms with Gasteiger partial charge in [-0.3, -0.25) is 4.90 Å². The normalized spacial score (nSPS) is 36.8. The highest BCUT2D eigenvalue weighted by molar-refractivity contribution is 4.89. The van der Waals surface area contributed by atoms with Crippen molar-refractivity contribution >= 4 is 0 Å². The molecule has 0 bridgehead atoms. The van der Waals surface area contributed by atoms with Gasteiger partial charge in [-0.25, -0.2) is 0 Å². The van der Waals surface area contributed by atoms with Gasteiger partial charge < -0.3 is 0 Å². The fourth-order valence-electron chi connectivity index (χ4n) is 3.01. The second-order valence-electron chi connectivity index (χ2n) is 4.41. The van der Waals surface area contributed by atoms with E-state index in [1.807, 2.05) is 0 Å². The van der Waals surface area contributed by atoms with Crippen molar-refractivity contribution in [1.29, 1.82) is 0 Å². The number of hydrogen-bond donors (Lipinski definition) is 0. The monoisotopic (exact) mass is 167 g/mol. The molecule has 2 fully saturated rings. The van der Waals surface area contributed by atoms with Gasteiger partial charge in [0.1, 0.15) is 0 Å². The molecule has 1 nitrogen and oxygen atoms in total. The van der Waals surface area contributed by atoms with Gasteiger partial charge in [0.2, 0.25) is 0 Å². The van der Waals surface area contributed by atoms with Crippen LogP contribution in [0.3, 0.4) is 0 Å². The molecule has 0 unspecified atom stereocenters. The van der Waals surface area contributed by atoms with Crippen LogP contribution in [0.2, 0.25) is 0 Å². The first kappa shape index (κ1) is 8.55. The minimum Gasteiger partial charge on any atom is -0.297 e. The minimum atomic E-state index is 0.959. The lowest BCUT2D eigenvalue weighted by Gasteiger charge is -2.33. The Morgan fingerprint density at radius 2 is 2.08 bits per heavy atom. The molecule has 0 aromatic rings. The van der Waals surface area contributed by atoms with Crippen molar-refractivity contribution in [3.63, 3.8) is 0 Å². The maximum Gasteiger partial charge on any atom is 0.00987 e. The fraction of sp³-hybridized carbons (Fsp3) is 1.00. The van der Waals surface area contributed by atoms with E-state index in [1.165, 1.54) is 51.5 Å². The van der Waals surface area contributed by atoms with E-state index in [1.54, 1.807) is 0 Å². The highest BCUT2D eigenvalue weighted by Crippen LogP contribution is 2.33. The summed E-state index contributed by atoms with van der Waals surface area (Å²) in [4.78, 5) is 2.80. The van der Waals surface area contributed by atoms with Crippen LogP contribution in [0.5, 0.6) is 0 Å². The Balaban J connectivity index is 1.92. The number of fused-ring (bicyclic) bond motifs is 1. The van der Waals surface area contributed by atoms with E-state index in [0.29, 0.717) is 0 Å². The molecule has 2 aliphatic heterocycles. The van der Waals surface area contributed by atoms with Crippen molar-refractivity contribution in [2.45, 2.75) is 64.0 Å². The topological polar surface area (TPSA) is 3.24 Å². The Bertz CT molecular complexity index is 144. The minimum absolute atomic E-state index is 0.959. The third-order valence-electron chi connectivity index (χ3n) is 3.60. The summed E-state index contributed by atoms with van der Waals surface area (Å²) in [6.07, 6.45) is 10.2. The molecule has 2 aliphatic rings. The Morgan fingerprint density at radius 1 is 1.17 bits per heavy atom. The van der Waals surface area contributed by atoms with Crippen LogP contribution in [0.1, 0.15) is 51.9 Å². The molecule has 2 saturated heterocycles. The second-order valence-corrected chi connectivity index (χ2v) is 4.41. The summed E-state index contributed by atoms with van der Waals surface area (Å²) in [5.41, 5.74) is 0. The van der Waals surface area contributed by atoms with Gasteiger partial charge in [0.25, 0.3) is 0 Å². The lowest BCUT2D eigenvalue weighted by Crippen LogP contribution is -2.39. The van der Waals surface area contributed by atoms with Crippen LogP contribution < -0.4 is 0 Å². The third-order valence-corrected chi connectivity index (χ3v) is 3.60. The molecule has 2 rings (SSSR count). The van der Waals surface area contributed by atoms with E-state index in [9.17, 15) is 0 Å². The van der Waals surface area contributed by atoms with Crippen LogP contribution in [-0.4, -0.2) is 23.5 Å². The van der Waals surface area contributed by atoms with E-state index < -0.39 is 0 Å². The molecule has 70 valence electrons. The molecule has 0 aromatic heterocycles. The highest BCUT2D eigenvalue weighted by Gasteiger charge is 2.33. The summed E-state index contributed by atoms with van der Waals surface area (Å²) >= 11 is 0. The van der Waals surface area contributed by atoms with Gasteiger partial charge in [0.15, 0.2) is 0 Å². The van der Waals surface area contributed by atoms with Gasteiger partial charge >= 0.3 is 0 Å². The summed E-state index contributed by atoms with van der Waals surface area (Å²) in [5, 5.41) is 0. The van der Waals surface area contributed by atoms with Crippen LogP contribution in [0.15, 0.2) is 0 Å². The Hall–Kier alpha value is -0.0400. The maximum atomic E-state index is 2.80. The van der Waals surface area contributed by atoms with Crippen molar-refractivity contribution in [3.8, 4) is 0 Å². The van der Waals surface area contributed by atoms with E-state index in [-0.39, 0.29) is 0 Å². The smallest absolute Gasteiger partial charge is 0.00987 e. The van der Waals surface area contributed by atoms with Gasteiger partial charge in [-0.15, -0.1) is 0 Å². The molecule has 0 amide bonds. The number of piperidine rings is 1. The molecule has 1 heteroatoms. The Labute approximate surface area is 76.1 Å². The predicted octanol–water partition coefficient (Wildman–Crippen LogP) is 2.80. The van der Waals surface area contributed by atoms with Crippen LogP contribution >= 0.6 is 0 Å². The van der Waals surface area contributed by atoms with Crippen LogP contribution in [0, 0.1) is 0 Å². The lowest BCUT2D eigenvalue weighted by atomic mass is 10.0. The number of rotatable bonds is 2. The predicted molar refractivity (Wildman–Crippen MR) is 52.3 cm³/mol. The molecule has 2 heterocycles. The number of hydrogen-bond acceptors (Lipinski definition) is 1. The molecular formula is C11H21N. The Kier molecular flexibility index (Phi) is 2.69. The van der Waals surface area contributed by atoms with Crippen molar-refractivity contribution < 1.29 is 0 Å². The first-order chi connectivity index (χ1) is 5.92. The van der Waals surface area contributed by atoms with Gasteiger partial charge in [-0.1, -0.05) is 19.8 Å². The SMILES string of the molecule is CCC[C@@H]1CC[C@@H]2CCCCN12. The van der Waals surface area contributed by atoms with Crippen LogP contribution in [-0.2, 0) is 0 Å². The van der Waals surface area contributed by atoms with Crippen LogP contribution in [0.4, 0.5) is 0 Å². The van der Waals surface area contributed by atoms with Crippen molar-refractivity contribution in [2.75, 3.05) is 6.54 Å². The van der Waals surface area contributed by atoms with E-state index in [2.05, 4.69) is 11.8 Å². The zero-order chi connectivity index (χ0) is 8.39. The van der Waals surface area contributed by atoms with Gasteiger partial charge in [0.05, 0.1) is 0 Å². The van der Waals surface area contributed by atoms with Crippen molar-refractivity contribution in [1.82, 2.24) is 4.90 Å². The molecular weight excluding hydrogens is 146 g/mol. The average Bonchev–Trinajstić information content (AvgIpc) is 2.50. The maximum absolute atomic E-state index is 2.80. The molecule has 0 spiro atoms. The average molecular weight is 167 g/mol. The molecule has 0 N–H and O–H groups in total. The van der Waals surface area contributed by atoms with E-state index in [4.69, 9.17) is 0 Å². The van der Waals surface area contributed by atoms with Gasteiger partial charge in [-0.2, -0.15) is 0 Å². The lowest BCUT2D eigenvalue weighted by molar-refractivity contribution is 0.143. The summed E-state index contributed by atoms with van der Waals surface area (Å²) < 4.78 is 0. The summed E-state index contributed by atoms with van der Waals surface area (Å²) in [6, 6.07) is 1.94. The van der Waals surface area contributed by atoms with Crippen molar-refractivity contribution in [3.05, 3.63) is 0 Å². The molecule has 0 saturated carbocycles. The Morgan fingerprint density at radius 3 is 2.92 bits per heavy atom. The number of nitrogens with zero attached hydrogens (tertiary/aromatic N) is 1. The quantitative estimate of drug-likeness (QED) is 0.611. The third kappa shape index (κ3) is 1.52. The summed E-state index contributed by atoms with van der Waals surface area (Å²) in [5.74, 6) is 0. The molecule has 2 atom stereocenters. The van der Waals surface area contributed by atoms with Crippen molar-refractivity contribution in [2.24, 2.45) is 0 Å². The zero-order valence-corrected chi connectivity index (χ0v) is 8.26. The van der Waals surface area contributed by atoms with Gasteiger partial charge in [0, 0.05) is 12.1 Å². The zero-order valence-electron chi connectivity index (χ0n) is 8.26. The molecule has 12 heavy (non-hydrogen) atoms. The molecule has 0 aliphatic carbocycles. The van der Waals surface area contributed by atoms with Gasteiger partial charge in [-0.05, 0) is 38.6 Å². The largest absolute Gasteiger partial charge is 0.297 e. The fourth-order valence-corrected chi connectivity index (χ4v) is 3.01. The van der Waals surface area contributed by atoms with Crippen LogP contribution in [0.25, 0.3) is 0 Å².